The van der Waals surface area contributed by atoms with E-state index in [1.165, 1.54) is 25.0 Å². The van der Waals surface area contributed by atoms with E-state index >= 15 is 0 Å². The van der Waals surface area contributed by atoms with E-state index in [9.17, 15) is 4.39 Å². The number of piperidine rings is 1. The molecule has 2 aromatic rings. The number of imidazole rings is 1. The van der Waals surface area contributed by atoms with E-state index < -0.39 is 0 Å². The van der Waals surface area contributed by atoms with Gasteiger partial charge >= 0.3 is 0 Å². The van der Waals surface area contributed by atoms with E-state index in [-0.39, 0.29) is 5.82 Å². The van der Waals surface area contributed by atoms with Gasteiger partial charge in [-0.25, -0.2) is 9.37 Å². The molecule has 0 amide bonds. The average Bonchev–Trinajstić information content (AvgIpc) is 2.76. The largest absolute Gasteiger partial charge is 0.328 e. The molecule has 3 nitrogen and oxygen atoms in total. The summed E-state index contributed by atoms with van der Waals surface area (Å²) in [6.07, 6.45) is 3.48. The van der Waals surface area contributed by atoms with Gasteiger partial charge in [-0.05, 0) is 50.9 Å². The summed E-state index contributed by atoms with van der Waals surface area (Å²) in [4.78, 5) is 4.63. The zero-order chi connectivity index (χ0) is 13.2. The Balaban J connectivity index is 1.93. The quantitative estimate of drug-likeness (QED) is 0.920. The predicted octanol–water partition coefficient (Wildman–Crippen LogP) is 2.74. The maximum absolute atomic E-state index is 13.3. The molecule has 2 heterocycles. The van der Waals surface area contributed by atoms with Crippen LogP contribution in [0.2, 0.25) is 0 Å². The minimum atomic E-state index is -0.209. The Morgan fingerprint density at radius 1 is 1.47 bits per heavy atom. The second kappa shape index (κ2) is 5.29. The number of aromatic nitrogens is 2. The normalized spacial score (nSPS) is 20.0. The third-order valence-electron chi connectivity index (χ3n) is 3.98. The molecule has 1 aromatic carbocycles. The number of fused-ring (bicyclic) bond motifs is 1. The Hall–Kier alpha value is -1.42. The van der Waals surface area contributed by atoms with Crippen molar-refractivity contribution < 1.29 is 4.39 Å². The fraction of sp³-hybridized carbons (Fsp3) is 0.533. The Morgan fingerprint density at radius 2 is 2.37 bits per heavy atom. The molecule has 4 heteroatoms. The lowest BCUT2D eigenvalue weighted by Crippen LogP contribution is -2.31. The van der Waals surface area contributed by atoms with E-state index in [2.05, 4.69) is 21.8 Å². The number of rotatable bonds is 3. The summed E-state index contributed by atoms with van der Waals surface area (Å²) < 4.78 is 15.5. The van der Waals surface area contributed by atoms with Gasteiger partial charge in [-0.15, -0.1) is 0 Å². The molecule has 102 valence electrons. The first-order valence-corrected chi connectivity index (χ1v) is 7.13. The molecule has 3 rings (SSSR count). The van der Waals surface area contributed by atoms with Crippen molar-refractivity contribution in [1.29, 1.82) is 0 Å². The van der Waals surface area contributed by atoms with Gasteiger partial charge in [-0.1, -0.05) is 0 Å². The third kappa shape index (κ3) is 2.50. The summed E-state index contributed by atoms with van der Waals surface area (Å²) in [5, 5.41) is 3.44. The van der Waals surface area contributed by atoms with Gasteiger partial charge in [0.2, 0.25) is 0 Å². The lowest BCUT2D eigenvalue weighted by atomic mass is 9.96. The summed E-state index contributed by atoms with van der Waals surface area (Å²) in [6.45, 7) is 5.21. The van der Waals surface area contributed by atoms with Gasteiger partial charge in [0.15, 0.2) is 0 Å². The van der Waals surface area contributed by atoms with Gasteiger partial charge in [-0.2, -0.15) is 0 Å². The van der Waals surface area contributed by atoms with Crippen molar-refractivity contribution in [1.82, 2.24) is 14.9 Å². The molecule has 1 aliphatic heterocycles. The molecule has 1 atom stereocenters. The molecule has 1 aromatic heterocycles. The zero-order valence-corrected chi connectivity index (χ0v) is 11.3. The van der Waals surface area contributed by atoms with E-state index in [0.29, 0.717) is 5.92 Å². The monoisotopic (exact) mass is 261 g/mol. The maximum atomic E-state index is 13.3. The summed E-state index contributed by atoms with van der Waals surface area (Å²) in [7, 11) is 0. The van der Waals surface area contributed by atoms with E-state index in [1.807, 2.05) is 6.07 Å². The Morgan fingerprint density at radius 3 is 3.11 bits per heavy atom. The van der Waals surface area contributed by atoms with Crippen LogP contribution < -0.4 is 5.32 Å². The minimum absolute atomic E-state index is 0.209. The SMILES string of the molecule is CCn1c(CC2CCCNC2)nc2cc(F)ccc21. The number of hydrogen-bond donors (Lipinski definition) is 1. The van der Waals surface area contributed by atoms with Crippen LogP contribution in [0, 0.1) is 11.7 Å². The molecule has 0 spiro atoms. The van der Waals surface area contributed by atoms with Gasteiger partial charge in [0.25, 0.3) is 0 Å². The number of nitrogens with one attached hydrogen (secondary N) is 1. The first-order valence-electron chi connectivity index (χ1n) is 7.13. The number of halogens is 1. The van der Waals surface area contributed by atoms with Gasteiger partial charge < -0.3 is 9.88 Å². The predicted molar refractivity (Wildman–Crippen MR) is 74.7 cm³/mol. The number of aryl methyl sites for hydroxylation is 1. The van der Waals surface area contributed by atoms with Crippen molar-refractivity contribution in [3.8, 4) is 0 Å². The molecular weight excluding hydrogens is 241 g/mol. The van der Waals surface area contributed by atoms with Crippen LogP contribution in [0.15, 0.2) is 18.2 Å². The highest BCUT2D eigenvalue weighted by Crippen LogP contribution is 2.21. The van der Waals surface area contributed by atoms with Crippen LogP contribution in [-0.4, -0.2) is 22.6 Å². The van der Waals surface area contributed by atoms with Crippen molar-refractivity contribution in [3.63, 3.8) is 0 Å². The van der Waals surface area contributed by atoms with Crippen molar-refractivity contribution in [2.24, 2.45) is 5.92 Å². The van der Waals surface area contributed by atoms with Gasteiger partial charge in [0, 0.05) is 19.0 Å². The fourth-order valence-electron chi connectivity index (χ4n) is 3.02. The minimum Gasteiger partial charge on any atom is -0.328 e. The number of nitrogens with zero attached hydrogens (tertiary/aromatic N) is 2. The Bertz CT molecular complexity index is 570. The van der Waals surface area contributed by atoms with Gasteiger partial charge in [-0.3, -0.25) is 0 Å². The van der Waals surface area contributed by atoms with E-state index in [4.69, 9.17) is 0 Å². The van der Waals surface area contributed by atoms with Crippen LogP contribution in [0.25, 0.3) is 11.0 Å². The van der Waals surface area contributed by atoms with Gasteiger partial charge in [0.05, 0.1) is 11.0 Å². The smallest absolute Gasteiger partial charge is 0.125 e. The summed E-state index contributed by atoms with van der Waals surface area (Å²) in [6, 6.07) is 4.88. The molecule has 1 saturated heterocycles. The summed E-state index contributed by atoms with van der Waals surface area (Å²) in [5.74, 6) is 1.54. The first-order chi connectivity index (χ1) is 9.28. The molecule has 1 unspecified atom stereocenters. The highest BCUT2D eigenvalue weighted by atomic mass is 19.1. The van der Waals surface area contributed by atoms with Crippen LogP contribution in [0.4, 0.5) is 4.39 Å². The van der Waals surface area contributed by atoms with Crippen molar-refractivity contribution in [3.05, 3.63) is 29.8 Å². The van der Waals surface area contributed by atoms with Crippen molar-refractivity contribution >= 4 is 11.0 Å². The van der Waals surface area contributed by atoms with Crippen molar-refractivity contribution in [2.75, 3.05) is 13.1 Å². The second-order valence-corrected chi connectivity index (χ2v) is 5.32. The maximum Gasteiger partial charge on any atom is 0.125 e. The van der Waals surface area contributed by atoms with Crippen molar-refractivity contribution in [2.45, 2.75) is 32.7 Å². The van der Waals surface area contributed by atoms with E-state index in [1.54, 1.807) is 0 Å². The first kappa shape index (κ1) is 12.6. The van der Waals surface area contributed by atoms with Crippen LogP contribution >= 0.6 is 0 Å². The summed E-state index contributed by atoms with van der Waals surface area (Å²) >= 11 is 0. The van der Waals surface area contributed by atoms with Gasteiger partial charge in [0.1, 0.15) is 11.6 Å². The van der Waals surface area contributed by atoms with Crippen LogP contribution in [-0.2, 0) is 13.0 Å². The van der Waals surface area contributed by atoms with E-state index in [0.717, 1.165) is 42.9 Å². The molecule has 0 radical (unpaired) electrons. The molecular formula is C15H20FN3. The zero-order valence-electron chi connectivity index (χ0n) is 11.3. The Kier molecular flexibility index (Phi) is 3.51. The molecule has 19 heavy (non-hydrogen) atoms. The number of benzene rings is 1. The Labute approximate surface area is 112 Å². The topological polar surface area (TPSA) is 29.9 Å². The van der Waals surface area contributed by atoms with Crippen LogP contribution in [0.3, 0.4) is 0 Å². The average molecular weight is 261 g/mol. The molecule has 1 aliphatic rings. The second-order valence-electron chi connectivity index (χ2n) is 5.32. The van der Waals surface area contributed by atoms with Crippen LogP contribution in [0.5, 0.6) is 0 Å². The standard InChI is InChI=1S/C15H20FN3/c1-2-19-14-6-5-12(16)9-13(14)18-15(19)8-11-4-3-7-17-10-11/h5-6,9,11,17H,2-4,7-8,10H2,1H3. The highest BCUT2D eigenvalue weighted by molar-refractivity contribution is 5.76. The summed E-state index contributed by atoms with van der Waals surface area (Å²) in [5.41, 5.74) is 1.82. The fourth-order valence-corrected chi connectivity index (χ4v) is 3.02. The lowest BCUT2D eigenvalue weighted by Gasteiger charge is -2.22. The molecule has 1 N–H and O–H groups in total. The van der Waals surface area contributed by atoms with Crippen LogP contribution in [0.1, 0.15) is 25.6 Å². The molecule has 0 bridgehead atoms. The highest BCUT2D eigenvalue weighted by Gasteiger charge is 2.18. The molecule has 0 aliphatic carbocycles. The molecule has 1 fully saturated rings. The number of hydrogen-bond acceptors (Lipinski definition) is 2. The lowest BCUT2D eigenvalue weighted by molar-refractivity contribution is 0.367. The molecule has 0 saturated carbocycles. The third-order valence-corrected chi connectivity index (χ3v) is 3.98.